The van der Waals surface area contributed by atoms with E-state index in [2.05, 4.69) is 37.9 Å². The normalized spacial score (nSPS) is 15.7. The minimum Gasteiger partial charge on any atom is -0.350 e. The zero-order valence-electron chi connectivity index (χ0n) is 18.3. The van der Waals surface area contributed by atoms with Gasteiger partial charge in [-0.1, -0.05) is 19.3 Å². The van der Waals surface area contributed by atoms with Gasteiger partial charge in [0.05, 0.1) is 23.8 Å². The molecule has 0 atom stereocenters. The molecule has 0 amide bonds. The summed E-state index contributed by atoms with van der Waals surface area (Å²) >= 11 is 0. The second kappa shape index (κ2) is 7.59. The quantitative estimate of drug-likeness (QED) is 0.484. The highest BCUT2D eigenvalue weighted by Crippen LogP contribution is 2.34. The van der Waals surface area contributed by atoms with E-state index in [9.17, 15) is 4.39 Å². The molecule has 0 unspecified atom stereocenters. The van der Waals surface area contributed by atoms with Crippen molar-refractivity contribution in [2.24, 2.45) is 0 Å². The van der Waals surface area contributed by atoms with Gasteiger partial charge in [-0.05, 0) is 45.7 Å². The van der Waals surface area contributed by atoms with Gasteiger partial charge in [-0.2, -0.15) is 0 Å². The van der Waals surface area contributed by atoms with E-state index >= 15 is 0 Å². The van der Waals surface area contributed by atoms with Gasteiger partial charge in [0.25, 0.3) is 0 Å². The predicted octanol–water partition coefficient (Wildman–Crippen LogP) is 5.11. The third-order valence-corrected chi connectivity index (χ3v) is 6.06. The molecular weight excluding hydrogens is 393 g/mol. The Bertz CT molecular complexity index is 1230. The summed E-state index contributed by atoms with van der Waals surface area (Å²) in [6.07, 6.45) is 11.8. The van der Waals surface area contributed by atoms with Crippen molar-refractivity contribution in [2.75, 3.05) is 11.9 Å². The summed E-state index contributed by atoms with van der Waals surface area (Å²) in [5.74, 6) is 1.43. The van der Waals surface area contributed by atoms with Gasteiger partial charge in [0, 0.05) is 29.6 Å². The van der Waals surface area contributed by atoms with Crippen LogP contribution in [0.1, 0.15) is 57.8 Å². The highest BCUT2D eigenvalue weighted by atomic mass is 19.1. The van der Waals surface area contributed by atoms with Gasteiger partial charge in [-0.25, -0.2) is 23.9 Å². The largest absolute Gasteiger partial charge is 0.350 e. The number of aryl methyl sites for hydroxylation is 1. The Morgan fingerprint density at radius 2 is 1.94 bits per heavy atom. The third-order valence-electron chi connectivity index (χ3n) is 6.06. The smallest absolute Gasteiger partial charge is 0.241 e. The summed E-state index contributed by atoms with van der Waals surface area (Å²) in [7, 11) is 0. The fourth-order valence-electron chi connectivity index (χ4n) is 4.55. The van der Waals surface area contributed by atoms with Crippen LogP contribution in [0.5, 0.6) is 0 Å². The molecule has 0 aliphatic heterocycles. The number of nitrogens with zero attached hydrogens (tertiary/aromatic N) is 6. The Hall–Kier alpha value is -3.03. The maximum Gasteiger partial charge on any atom is 0.241 e. The summed E-state index contributed by atoms with van der Waals surface area (Å²) in [5, 5.41) is 7.43. The number of pyridine rings is 1. The van der Waals surface area contributed by atoms with Crippen molar-refractivity contribution in [1.29, 1.82) is 0 Å². The van der Waals surface area contributed by atoms with Gasteiger partial charge in [0.15, 0.2) is 5.65 Å². The predicted molar refractivity (Wildman–Crippen MR) is 120 cm³/mol. The first-order valence-corrected chi connectivity index (χ1v) is 11.0. The number of nitrogens with one attached hydrogen (secondary N) is 1. The number of hydrogen-bond acceptors (Lipinski definition) is 5. The maximum atomic E-state index is 13.8. The van der Waals surface area contributed by atoms with E-state index in [4.69, 9.17) is 4.98 Å². The van der Waals surface area contributed by atoms with Gasteiger partial charge in [0.2, 0.25) is 5.95 Å². The second-order valence-electron chi connectivity index (χ2n) is 9.10. The molecule has 4 heterocycles. The summed E-state index contributed by atoms with van der Waals surface area (Å²) < 4.78 is 17.9. The first-order chi connectivity index (χ1) is 14.9. The van der Waals surface area contributed by atoms with Crippen LogP contribution in [0.3, 0.4) is 0 Å². The van der Waals surface area contributed by atoms with Gasteiger partial charge in [0.1, 0.15) is 11.5 Å². The Morgan fingerprint density at radius 1 is 1.13 bits per heavy atom. The molecule has 31 heavy (non-hydrogen) atoms. The van der Waals surface area contributed by atoms with Gasteiger partial charge in [-0.3, -0.25) is 0 Å². The van der Waals surface area contributed by atoms with E-state index in [0.717, 1.165) is 33.6 Å². The first kappa shape index (κ1) is 19.9. The number of anilines is 1. The lowest BCUT2D eigenvalue weighted by Crippen LogP contribution is -2.25. The number of aromatic nitrogens is 6. The van der Waals surface area contributed by atoms with Gasteiger partial charge in [-0.15, -0.1) is 5.10 Å². The SMILES string of the molecule is Cc1nc2ncc(-c3ccn4nc(NCC(C)(C)F)ncc34)cc2n1C1CCCCC1. The minimum atomic E-state index is -1.33. The number of fused-ring (bicyclic) bond motifs is 2. The minimum absolute atomic E-state index is 0.151. The molecule has 7 nitrogen and oxygen atoms in total. The van der Waals surface area contributed by atoms with Crippen molar-refractivity contribution in [3.8, 4) is 11.1 Å². The van der Waals surface area contributed by atoms with Crippen LogP contribution in [-0.2, 0) is 0 Å². The molecule has 8 heteroatoms. The summed E-state index contributed by atoms with van der Waals surface area (Å²) in [6, 6.07) is 4.70. The molecule has 0 saturated heterocycles. The molecule has 1 aliphatic rings. The summed E-state index contributed by atoms with van der Waals surface area (Å²) in [5.41, 5.74) is 3.46. The van der Waals surface area contributed by atoms with Crippen LogP contribution in [0.4, 0.5) is 10.3 Å². The Kier molecular flexibility index (Phi) is 4.87. The molecule has 4 aromatic rings. The number of imidazole rings is 1. The van der Waals surface area contributed by atoms with E-state index < -0.39 is 5.67 Å². The van der Waals surface area contributed by atoms with Crippen LogP contribution in [0.2, 0.25) is 0 Å². The zero-order valence-corrected chi connectivity index (χ0v) is 18.3. The van der Waals surface area contributed by atoms with E-state index in [1.165, 1.54) is 46.0 Å². The van der Waals surface area contributed by atoms with Crippen LogP contribution in [0.15, 0.2) is 30.7 Å². The molecule has 1 fully saturated rings. The van der Waals surface area contributed by atoms with E-state index in [1.807, 2.05) is 18.5 Å². The highest BCUT2D eigenvalue weighted by molar-refractivity contribution is 5.85. The molecule has 1 aliphatic carbocycles. The highest BCUT2D eigenvalue weighted by Gasteiger charge is 2.21. The molecule has 162 valence electrons. The number of alkyl halides is 1. The van der Waals surface area contributed by atoms with E-state index in [0.29, 0.717) is 12.0 Å². The lowest BCUT2D eigenvalue weighted by atomic mass is 9.95. The number of rotatable bonds is 5. The number of halogens is 1. The fourth-order valence-corrected chi connectivity index (χ4v) is 4.55. The molecule has 4 aromatic heterocycles. The van der Waals surface area contributed by atoms with Crippen molar-refractivity contribution >= 4 is 22.6 Å². The average molecular weight is 422 g/mol. The van der Waals surface area contributed by atoms with Gasteiger partial charge >= 0.3 is 0 Å². The first-order valence-electron chi connectivity index (χ1n) is 11.0. The zero-order chi connectivity index (χ0) is 21.6. The van der Waals surface area contributed by atoms with Crippen molar-refractivity contribution in [1.82, 2.24) is 29.1 Å². The molecule has 0 radical (unpaired) electrons. The molecular formula is C23H28FN7. The van der Waals surface area contributed by atoms with E-state index in [-0.39, 0.29) is 6.54 Å². The van der Waals surface area contributed by atoms with Crippen LogP contribution >= 0.6 is 0 Å². The fraction of sp³-hybridized carbons (Fsp3) is 0.478. The molecule has 0 aromatic carbocycles. The molecule has 1 saturated carbocycles. The van der Waals surface area contributed by atoms with Crippen molar-refractivity contribution in [2.45, 2.75) is 64.6 Å². The monoisotopic (exact) mass is 421 g/mol. The molecule has 5 rings (SSSR count). The van der Waals surface area contributed by atoms with Crippen molar-refractivity contribution < 1.29 is 4.39 Å². The Balaban J connectivity index is 1.51. The molecule has 0 spiro atoms. The van der Waals surface area contributed by atoms with E-state index in [1.54, 1.807) is 10.7 Å². The Labute approximate surface area is 180 Å². The van der Waals surface area contributed by atoms with Crippen LogP contribution in [0, 0.1) is 6.92 Å². The molecule has 0 bridgehead atoms. The van der Waals surface area contributed by atoms with Gasteiger partial charge < -0.3 is 9.88 Å². The van der Waals surface area contributed by atoms with Crippen LogP contribution in [0.25, 0.3) is 27.8 Å². The maximum absolute atomic E-state index is 13.8. The van der Waals surface area contributed by atoms with Crippen molar-refractivity contribution in [3.05, 3.63) is 36.5 Å². The van der Waals surface area contributed by atoms with Crippen LogP contribution < -0.4 is 5.32 Å². The third kappa shape index (κ3) is 3.86. The average Bonchev–Trinajstić information content (AvgIpc) is 3.31. The standard InChI is InChI=1S/C23H28FN7/c1-15-28-21-19(31(15)17-7-5-4-6-8-17)11-16(12-25-21)18-9-10-30-20(18)13-26-22(29-30)27-14-23(2,3)24/h9-13,17H,4-8,14H2,1-3H3,(H,27,29). The topological polar surface area (TPSA) is 72.9 Å². The number of hydrogen-bond donors (Lipinski definition) is 1. The summed E-state index contributed by atoms with van der Waals surface area (Å²) in [4.78, 5) is 13.7. The second-order valence-corrected chi connectivity index (χ2v) is 9.10. The lowest BCUT2D eigenvalue weighted by Gasteiger charge is -2.24. The van der Waals surface area contributed by atoms with Crippen molar-refractivity contribution in [3.63, 3.8) is 0 Å². The summed E-state index contributed by atoms with van der Waals surface area (Å²) in [6.45, 7) is 5.27. The molecule has 1 N–H and O–H groups in total. The lowest BCUT2D eigenvalue weighted by molar-refractivity contribution is 0.234. The Morgan fingerprint density at radius 3 is 2.71 bits per heavy atom. The van der Waals surface area contributed by atoms with Crippen LogP contribution in [-0.4, -0.2) is 41.3 Å².